The Hall–Kier alpha value is -1.03. The number of benzene rings is 2. The van der Waals surface area contributed by atoms with Gasteiger partial charge in [-0.3, -0.25) is 0 Å². The van der Waals surface area contributed by atoms with Crippen LogP contribution in [0.5, 0.6) is 0 Å². The zero-order chi connectivity index (χ0) is 15.0. The molecule has 1 aromatic heterocycles. The predicted molar refractivity (Wildman–Crippen MR) is 92.3 cm³/mol. The molecule has 3 aromatic rings. The van der Waals surface area contributed by atoms with Gasteiger partial charge in [-0.15, -0.1) is 11.6 Å². The molecule has 2 nitrogen and oxygen atoms in total. The molecular formula is C16H13BrCl2N2. The van der Waals surface area contributed by atoms with E-state index in [1.165, 1.54) is 5.56 Å². The molecule has 1 atom stereocenters. The SMILES string of the molecule is CC(c1cccc(Br)c1)n1c(CCl)nc2ccc(Cl)cc21. The molecule has 1 unspecified atom stereocenters. The molecule has 0 saturated heterocycles. The van der Waals surface area contributed by atoms with Crippen LogP contribution in [0, 0.1) is 0 Å². The normalized spacial score (nSPS) is 12.8. The van der Waals surface area contributed by atoms with Crippen molar-refractivity contribution in [1.82, 2.24) is 9.55 Å². The zero-order valence-electron chi connectivity index (χ0n) is 11.4. The Morgan fingerprint density at radius 3 is 2.76 bits per heavy atom. The summed E-state index contributed by atoms with van der Waals surface area (Å²) in [6.07, 6.45) is 0. The molecule has 0 fully saturated rings. The Balaban J connectivity index is 2.20. The van der Waals surface area contributed by atoms with Crippen molar-refractivity contribution in [2.75, 3.05) is 0 Å². The highest BCUT2D eigenvalue weighted by molar-refractivity contribution is 9.10. The van der Waals surface area contributed by atoms with Crippen LogP contribution in [0.3, 0.4) is 0 Å². The number of rotatable bonds is 3. The number of aromatic nitrogens is 2. The number of alkyl halides is 1. The minimum Gasteiger partial charge on any atom is -0.320 e. The van der Waals surface area contributed by atoms with Crippen LogP contribution in [0.1, 0.15) is 24.4 Å². The maximum absolute atomic E-state index is 6.14. The number of fused-ring (bicyclic) bond motifs is 1. The van der Waals surface area contributed by atoms with Gasteiger partial charge in [-0.05, 0) is 42.8 Å². The minimum atomic E-state index is 0.125. The molecule has 108 valence electrons. The summed E-state index contributed by atoms with van der Waals surface area (Å²) in [7, 11) is 0. The van der Waals surface area contributed by atoms with Crippen LogP contribution in [0.4, 0.5) is 0 Å². The smallest absolute Gasteiger partial charge is 0.125 e. The van der Waals surface area contributed by atoms with Crippen molar-refractivity contribution in [3.63, 3.8) is 0 Å². The molecule has 0 aliphatic heterocycles. The summed E-state index contributed by atoms with van der Waals surface area (Å²) in [5.74, 6) is 1.21. The summed E-state index contributed by atoms with van der Waals surface area (Å²) >= 11 is 15.7. The molecule has 0 radical (unpaired) electrons. The average Bonchev–Trinajstić information content (AvgIpc) is 2.84. The van der Waals surface area contributed by atoms with E-state index < -0.39 is 0 Å². The Labute approximate surface area is 141 Å². The molecule has 0 bridgehead atoms. The van der Waals surface area contributed by atoms with Crippen molar-refractivity contribution in [3.8, 4) is 0 Å². The quantitative estimate of drug-likeness (QED) is 0.522. The third-order valence-electron chi connectivity index (χ3n) is 3.56. The lowest BCUT2D eigenvalue weighted by molar-refractivity contribution is 0.633. The van der Waals surface area contributed by atoms with Gasteiger partial charge in [-0.25, -0.2) is 4.98 Å². The van der Waals surface area contributed by atoms with E-state index in [4.69, 9.17) is 23.2 Å². The Morgan fingerprint density at radius 2 is 2.05 bits per heavy atom. The first kappa shape index (κ1) is 14.9. The first-order valence-electron chi connectivity index (χ1n) is 6.58. The number of halogens is 3. The molecule has 21 heavy (non-hydrogen) atoms. The summed E-state index contributed by atoms with van der Waals surface area (Å²) in [4.78, 5) is 4.60. The van der Waals surface area contributed by atoms with E-state index in [0.29, 0.717) is 10.9 Å². The fourth-order valence-corrected chi connectivity index (χ4v) is 3.33. The highest BCUT2D eigenvalue weighted by Gasteiger charge is 2.17. The van der Waals surface area contributed by atoms with E-state index in [1.54, 1.807) is 0 Å². The summed E-state index contributed by atoms with van der Waals surface area (Å²) in [5, 5.41) is 0.700. The van der Waals surface area contributed by atoms with Crippen molar-refractivity contribution in [1.29, 1.82) is 0 Å². The first-order valence-corrected chi connectivity index (χ1v) is 8.28. The van der Waals surface area contributed by atoms with Gasteiger partial charge >= 0.3 is 0 Å². The maximum Gasteiger partial charge on any atom is 0.125 e. The third kappa shape index (κ3) is 2.83. The predicted octanol–water partition coefficient (Wildman–Crippen LogP) is 5.80. The second kappa shape index (κ2) is 5.99. The van der Waals surface area contributed by atoms with E-state index >= 15 is 0 Å². The van der Waals surface area contributed by atoms with E-state index in [9.17, 15) is 0 Å². The van der Waals surface area contributed by atoms with Crippen LogP contribution in [-0.2, 0) is 5.88 Å². The average molecular weight is 384 g/mol. The molecule has 0 saturated carbocycles. The highest BCUT2D eigenvalue weighted by Crippen LogP contribution is 2.29. The molecule has 0 spiro atoms. The summed E-state index contributed by atoms with van der Waals surface area (Å²) in [6, 6.07) is 14.1. The van der Waals surface area contributed by atoms with Gasteiger partial charge in [0.15, 0.2) is 0 Å². The second-order valence-electron chi connectivity index (χ2n) is 4.90. The Kier molecular flexibility index (Phi) is 4.25. The zero-order valence-corrected chi connectivity index (χ0v) is 14.5. The molecule has 0 amide bonds. The van der Waals surface area contributed by atoms with E-state index in [0.717, 1.165) is 21.3 Å². The number of hydrogen-bond acceptors (Lipinski definition) is 1. The van der Waals surface area contributed by atoms with E-state index in [-0.39, 0.29) is 6.04 Å². The van der Waals surface area contributed by atoms with Crippen LogP contribution in [0.25, 0.3) is 11.0 Å². The summed E-state index contributed by atoms with van der Waals surface area (Å²) in [5.41, 5.74) is 3.11. The first-order chi connectivity index (χ1) is 10.1. The van der Waals surface area contributed by atoms with Crippen LogP contribution in [0.2, 0.25) is 5.02 Å². The largest absolute Gasteiger partial charge is 0.320 e. The fraction of sp³-hybridized carbons (Fsp3) is 0.188. The third-order valence-corrected chi connectivity index (χ3v) is 4.53. The lowest BCUT2D eigenvalue weighted by Crippen LogP contribution is -2.09. The van der Waals surface area contributed by atoms with Crippen molar-refractivity contribution in [3.05, 3.63) is 63.3 Å². The van der Waals surface area contributed by atoms with E-state index in [1.807, 2.05) is 30.3 Å². The van der Waals surface area contributed by atoms with Crippen molar-refractivity contribution in [2.45, 2.75) is 18.8 Å². The van der Waals surface area contributed by atoms with Gasteiger partial charge in [-0.2, -0.15) is 0 Å². The number of hydrogen-bond donors (Lipinski definition) is 0. The van der Waals surface area contributed by atoms with Gasteiger partial charge in [0.05, 0.1) is 23.0 Å². The Morgan fingerprint density at radius 1 is 1.24 bits per heavy atom. The molecule has 5 heteroatoms. The van der Waals surface area contributed by atoms with Gasteiger partial charge < -0.3 is 4.57 Å². The summed E-state index contributed by atoms with van der Waals surface area (Å²) < 4.78 is 3.21. The molecule has 0 aliphatic carbocycles. The monoisotopic (exact) mass is 382 g/mol. The Bertz CT molecular complexity index is 798. The fourth-order valence-electron chi connectivity index (χ4n) is 2.56. The minimum absolute atomic E-state index is 0.125. The molecule has 2 aromatic carbocycles. The number of nitrogens with zero attached hydrogens (tertiary/aromatic N) is 2. The molecule has 0 aliphatic rings. The second-order valence-corrected chi connectivity index (χ2v) is 6.52. The van der Waals surface area contributed by atoms with Gasteiger partial charge in [0.1, 0.15) is 5.82 Å². The topological polar surface area (TPSA) is 17.8 Å². The van der Waals surface area contributed by atoms with Crippen LogP contribution < -0.4 is 0 Å². The molecule has 1 heterocycles. The number of imidazole rings is 1. The lowest BCUT2D eigenvalue weighted by Gasteiger charge is -2.18. The van der Waals surface area contributed by atoms with Crippen molar-refractivity contribution in [2.24, 2.45) is 0 Å². The van der Waals surface area contributed by atoms with E-state index in [2.05, 4.69) is 44.5 Å². The van der Waals surface area contributed by atoms with Crippen LogP contribution in [-0.4, -0.2) is 9.55 Å². The van der Waals surface area contributed by atoms with Gasteiger partial charge in [0.2, 0.25) is 0 Å². The molecular weight excluding hydrogens is 371 g/mol. The molecule has 3 rings (SSSR count). The van der Waals surface area contributed by atoms with Gasteiger partial charge in [0, 0.05) is 9.50 Å². The molecule has 0 N–H and O–H groups in total. The maximum atomic E-state index is 6.14. The van der Waals surface area contributed by atoms with Crippen LogP contribution >= 0.6 is 39.1 Å². The van der Waals surface area contributed by atoms with Gasteiger partial charge in [0.25, 0.3) is 0 Å². The van der Waals surface area contributed by atoms with Crippen LogP contribution in [0.15, 0.2) is 46.9 Å². The standard InChI is InChI=1S/C16H13BrCl2N2/c1-10(11-3-2-4-12(17)7-11)21-15-8-13(19)5-6-14(15)20-16(21)9-18/h2-8,10H,9H2,1H3. The summed E-state index contributed by atoms with van der Waals surface area (Å²) in [6.45, 7) is 2.14. The van der Waals surface area contributed by atoms with Crippen molar-refractivity contribution >= 4 is 50.2 Å². The van der Waals surface area contributed by atoms with Crippen molar-refractivity contribution < 1.29 is 0 Å². The van der Waals surface area contributed by atoms with Gasteiger partial charge in [-0.1, -0.05) is 39.7 Å². The lowest BCUT2D eigenvalue weighted by atomic mass is 10.1. The highest BCUT2D eigenvalue weighted by atomic mass is 79.9.